The van der Waals surface area contributed by atoms with Gasteiger partial charge in [0.1, 0.15) is 5.82 Å². The van der Waals surface area contributed by atoms with E-state index in [0.29, 0.717) is 6.04 Å². The first kappa shape index (κ1) is 14.3. The maximum atomic E-state index is 5.87. The van der Waals surface area contributed by atoms with Crippen molar-refractivity contribution in [3.05, 3.63) is 24.0 Å². The molecule has 0 aliphatic rings. The van der Waals surface area contributed by atoms with Crippen LogP contribution in [0.3, 0.4) is 0 Å². The zero-order chi connectivity index (χ0) is 13.8. The predicted molar refractivity (Wildman–Crippen MR) is 85.9 cm³/mol. The largest absolute Gasteiger partial charge is 0.399 e. The summed E-state index contributed by atoms with van der Waals surface area (Å²) >= 11 is 1.90. The van der Waals surface area contributed by atoms with E-state index in [1.54, 1.807) is 0 Å². The summed E-state index contributed by atoms with van der Waals surface area (Å²) in [6, 6.07) is 6.59. The molecule has 0 saturated carbocycles. The highest BCUT2D eigenvalue weighted by atomic mass is 32.2. The summed E-state index contributed by atoms with van der Waals surface area (Å²) in [7, 11) is 0. The molecule has 0 radical (unpaired) electrons. The van der Waals surface area contributed by atoms with Gasteiger partial charge in [0.15, 0.2) is 0 Å². The van der Waals surface area contributed by atoms with Crippen LogP contribution in [0.5, 0.6) is 0 Å². The predicted octanol–water partition coefficient (Wildman–Crippen LogP) is 3.89. The Hall–Kier alpha value is -1.16. The molecule has 1 aromatic heterocycles. The van der Waals surface area contributed by atoms with E-state index < -0.39 is 0 Å². The van der Waals surface area contributed by atoms with Crippen molar-refractivity contribution in [1.82, 2.24) is 9.55 Å². The molecule has 4 heteroatoms. The molecule has 1 atom stereocenters. The first-order valence-electron chi connectivity index (χ1n) is 6.96. The van der Waals surface area contributed by atoms with Gasteiger partial charge in [0.25, 0.3) is 0 Å². The van der Waals surface area contributed by atoms with Gasteiger partial charge in [0, 0.05) is 23.9 Å². The van der Waals surface area contributed by atoms with Crippen LogP contribution < -0.4 is 5.73 Å². The van der Waals surface area contributed by atoms with Gasteiger partial charge in [-0.15, -0.1) is 0 Å². The highest BCUT2D eigenvalue weighted by molar-refractivity contribution is 7.98. The molecule has 2 N–H and O–H groups in total. The number of rotatable bonds is 6. The van der Waals surface area contributed by atoms with Gasteiger partial charge in [-0.05, 0) is 37.3 Å². The second-order valence-corrected chi connectivity index (χ2v) is 5.82. The molecule has 0 fully saturated rings. The summed E-state index contributed by atoms with van der Waals surface area (Å²) in [5, 5.41) is 0. The Balaban J connectivity index is 2.56. The summed E-state index contributed by atoms with van der Waals surface area (Å²) in [6.45, 7) is 4.45. The lowest BCUT2D eigenvalue weighted by Crippen LogP contribution is -2.14. The highest BCUT2D eigenvalue weighted by Crippen LogP contribution is 2.27. The van der Waals surface area contributed by atoms with Gasteiger partial charge in [-0.3, -0.25) is 0 Å². The second-order valence-electron chi connectivity index (χ2n) is 4.91. The van der Waals surface area contributed by atoms with Crippen LogP contribution in [-0.4, -0.2) is 21.6 Å². The maximum absolute atomic E-state index is 5.87. The number of aromatic nitrogens is 2. The third-order valence-corrected chi connectivity index (χ3v) is 4.17. The average molecular weight is 277 g/mol. The van der Waals surface area contributed by atoms with Crippen LogP contribution in [0.15, 0.2) is 18.2 Å². The molecule has 0 spiro atoms. The maximum Gasteiger partial charge on any atom is 0.110 e. The lowest BCUT2D eigenvalue weighted by molar-refractivity contribution is 0.528. The number of imidazole rings is 1. The third kappa shape index (κ3) is 2.89. The van der Waals surface area contributed by atoms with Crippen molar-refractivity contribution in [3.8, 4) is 0 Å². The Kier molecular flexibility index (Phi) is 4.75. The molecule has 2 aromatic rings. The minimum absolute atomic E-state index is 0.519. The zero-order valence-corrected chi connectivity index (χ0v) is 12.8. The Morgan fingerprint density at radius 1 is 1.37 bits per heavy atom. The van der Waals surface area contributed by atoms with Crippen molar-refractivity contribution in [2.75, 3.05) is 17.7 Å². The Bertz CT molecular complexity index is 548. The number of benzene rings is 1. The molecule has 1 aromatic carbocycles. The number of nitrogens with zero attached hydrogens (tertiary/aromatic N) is 2. The van der Waals surface area contributed by atoms with Gasteiger partial charge in [0.05, 0.1) is 11.0 Å². The molecule has 0 aliphatic heterocycles. The van der Waals surface area contributed by atoms with Crippen molar-refractivity contribution in [3.63, 3.8) is 0 Å². The Morgan fingerprint density at radius 2 is 2.16 bits per heavy atom. The number of hydrogen-bond acceptors (Lipinski definition) is 3. The fraction of sp³-hybridized carbons (Fsp3) is 0.533. The number of fused-ring (bicyclic) bond motifs is 1. The van der Waals surface area contributed by atoms with Crippen molar-refractivity contribution in [2.45, 2.75) is 39.2 Å². The molecule has 0 saturated heterocycles. The molecule has 1 unspecified atom stereocenters. The first-order chi connectivity index (χ1) is 9.21. The van der Waals surface area contributed by atoms with Gasteiger partial charge < -0.3 is 10.3 Å². The summed E-state index contributed by atoms with van der Waals surface area (Å²) in [5.41, 5.74) is 8.91. The van der Waals surface area contributed by atoms with Crippen LogP contribution in [0.4, 0.5) is 5.69 Å². The minimum Gasteiger partial charge on any atom is -0.399 e. The fourth-order valence-electron chi connectivity index (χ4n) is 2.54. The van der Waals surface area contributed by atoms with Crippen molar-refractivity contribution in [1.29, 1.82) is 0 Å². The first-order valence-corrected chi connectivity index (χ1v) is 8.35. The molecule has 19 heavy (non-hydrogen) atoms. The van der Waals surface area contributed by atoms with Crippen LogP contribution in [-0.2, 0) is 6.42 Å². The van der Waals surface area contributed by atoms with Crippen LogP contribution in [0.2, 0.25) is 0 Å². The van der Waals surface area contributed by atoms with E-state index in [-0.39, 0.29) is 0 Å². The number of nitrogens with two attached hydrogens (primary N) is 1. The van der Waals surface area contributed by atoms with Crippen LogP contribution in [0.25, 0.3) is 11.0 Å². The van der Waals surface area contributed by atoms with E-state index in [1.807, 2.05) is 23.9 Å². The third-order valence-electron chi connectivity index (χ3n) is 3.46. The Labute approximate surface area is 119 Å². The van der Waals surface area contributed by atoms with E-state index in [0.717, 1.165) is 36.2 Å². The molecule has 2 rings (SSSR count). The van der Waals surface area contributed by atoms with Crippen LogP contribution >= 0.6 is 11.8 Å². The summed E-state index contributed by atoms with van der Waals surface area (Å²) in [6.07, 6.45) is 5.45. The quantitative estimate of drug-likeness (QED) is 0.815. The van der Waals surface area contributed by atoms with E-state index in [9.17, 15) is 0 Å². The summed E-state index contributed by atoms with van der Waals surface area (Å²) < 4.78 is 2.43. The Morgan fingerprint density at radius 3 is 2.79 bits per heavy atom. The lowest BCUT2D eigenvalue weighted by atomic mass is 10.2. The number of aryl methyl sites for hydroxylation is 1. The molecule has 0 bridgehead atoms. The average Bonchev–Trinajstić information content (AvgIpc) is 2.73. The van der Waals surface area contributed by atoms with Gasteiger partial charge in [0.2, 0.25) is 0 Å². The summed E-state index contributed by atoms with van der Waals surface area (Å²) in [5.74, 6) is 2.33. The number of thioether (sulfide) groups is 1. The highest BCUT2D eigenvalue weighted by Gasteiger charge is 2.17. The lowest BCUT2D eigenvalue weighted by Gasteiger charge is -2.19. The molecule has 0 aliphatic carbocycles. The normalized spacial score (nSPS) is 13.0. The van der Waals surface area contributed by atoms with Gasteiger partial charge in [-0.1, -0.05) is 13.8 Å². The topological polar surface area (TPSA) is 43.8 Å². The van der Waals surface area contributed by atoms with Crippen LogP contribution in [0, 0.1) is 0 Å². The smallest absolute Gasteiger partial charge is 0.110 e. The minimum atomic E-state index is 0.519. The molecule has 1 heterocycles. The monoisotopic (exact) mass is 277 g/mol. The number of nitrogen functional groups attached to an aromatic ring is 1. The SMILES string of the molecule is CCCc1nc2cc(N)ccc2n1C(CC)CSC. The molecule has 104 valence electrons. The van der Waals surface area contributed by atoms with E-state index >= 15 is 0 Å². The number of anilines is 1. The zero-order valence-electron chi connectivity index (χ0n) is 12.0. The summed E-state index contributed by atoms with van der Waals surface area (Å²) in [4.78, 5) is 4.79. The molecule has 3 nitrogen and oxygen atoms in total. The van der Waals surface area contributed by atoms with Gasteiger partial charge in [-0.2, -0.15) is 11.8 Å². The molecule has 0 amide bonds. The molecular weight excluding hydrogens is 254 g/mol. The fourth-order valence-corrected chi connectivity index (χ4v) is 3.31. The van der Waals surface area contributed by atoms with E-state index in [2.05, 4.69) is 30.7 Å². The standard InChI is InChI=1S/C15H23N3S/c1-4-6-15-17-13-9-11(16)7-8-14(13)18(15)12(5-2)10-19-3/h7-9,12H,4-6,10,16H2,1-3H3. The van der Waals surface area contributed by atoms with Crippen molar-refractivity contribution < 1.29 is 0 Å². The van der Waals surface area contributed by atoms with Gasteiger partial charge >= 0.3 is 0 Å². The van der Waals surface area contributed by atoms with E-state index in [1.165, 1.54) is 11.3 Å². The second kappa shape index (κ2) is 6.33. The van der Waals surface area contributed by atoms with Crippen molar-refractivity contribution in [2.24, 2.45) is 0 Å². The van der Waals surface area contributed by atoms with Gasteiger partial charge in [-0.25, -0.2) is 4.98 Å². The van der Waals surface area contributed by atoms with E-state index in [4.69, 9.17) is 10.7 Å². The number of hydrogen-bond donors (Lipinski definition) is 1. The van der Waals surface area contributed by atoms with Crippen LogP contribution in [0.1, 0.15) is 38.6 Å². The molecular formula is C15H23N3S. The van der Waals surface area contributed by atoms with Crippen molar-refractivity contribution >= 4 is 28.5 Å².